The van der Waals surface area contributed by atoms with E-state index >= 15 is 0 Å². The molecule has 0 unspecified atom stereocenters. The summed E-state index contributed by atoms with van der Waals surface area (Å²) in [5.74, 6) is 0.769. The lowest BCUT2D eigenvalue weighted by Crippen LogP contribution is -2.45. The molecule has 0 aromatic heterocycles. The van der Waals surface area contributed by atoms with E-state index in [9.17, 15) is 4.79 Å². The molecule has 2 aromatic carbocycles. The van der Waals surface area contributed by atoms with Crippen LogP contribution in [-0.4, -0.2) is 36.5 Å². The van der Waals surface area contributed by atoms with Gasteiger partial charge in [0.2, 0.25) is 0 Å². The third-order valence-corrected chi connectivity index (χ3v) is 5.96. The van der Waals surface area contributed by atoms with Gasteiger partial charge < -0.3 is 10.1 Å². The predicted molar refractivity (Wildman–Crippen MR) is 112 cm³/mol. The lowest BCUT2D eigenvalue weighted by Gasteiger charge is -2.32. The van der Waals surface area contributed by atoms with Crippen LogP contribution in [0, 0.1) is 0 Å². The van der Waals surface area contributed by atoms with E-state index in [0.717, 1.165) is 56.1 Å². The van der Waals surface area contributed by atoms with Gasteiger partial charge in [0, 0.05) is 30.7 Å². The normalized spacial score (nSPS) is 17.3. The van der Waals surface area contributed by atoms with Gasteiger partial charge in [-0.3, -0.25) is 9.69 Å². The number of carbonyl (C=O) groups is 1. The number of rotatable bonds is 6. The van der Waals surface area contributed by atoms with Crippen LogP contribution in [0.2, 0.25) is 5.02 Å². The van der Waals surface area contributed by atoms with Crippen molar-refractivity contribution >= 4 is 17.5 Å². The molecule has 2 aromatic rings. The molecule has 0 atom stereocenters. The summed E-state index contributed by atoms with van der Waals surface area (Å²) < 4.78 is 5.71. The average Bonchev–Trinajstić information content (AvgIpc) is 3.17. The maximum Gasteiger partial charge on any atom is 0.258 e. The molecule has 1 heterocycles. The SMILES string of the molecule is O=C(COc1ccc2c(c1)CCC2)NC1CCN(Cc2ccc(Cl)cc2)CC1. The number of halogens is 1. The molecule has 0 bridgehead atoms. The molecule has 4 nitrogen and oxygen atoms in total. The fourth-order valence-corrected chi connectivity index (χ4v) is 4.27. The first-order valence-electron chi connectivity index (χ1n) is 10.2. The van der Waals surface area contributed by atoms with Gasteiger partial charge in [0.25, 0.3) is 5.91 Å². The summed E-state index contributed by atoms with van der Waals surface area (Å²) in [6.07, 6.45) is 5.44. The predicted octanol–water partition coefficient (Wildman–Crippen LogP) is 3.99. The van der Waals surface area contributed by atoms with E-state index in [2.05, 4.69) is 34.5 Å². The second kappa shape index (κ2) is 8.97. The zero-order valence-electron chi connectivity index (χ0n) is 16.1. The van der Waals surface area contributed by atoms with Crippen LogP contribution in [0.3, 0.4) is 0 Å². The standard InChI is InChI=1S/C23H27ClN2O2/c24-20-7-4-17(5-8-20)15-26-12-10-21(11-13-26)25-23(27)16-28-22-9-6-18-2-1-3-19(18)14-22/h4-9,14,21H,1-3,10-13,15-16H2,(H,25,27). The molecular formula is C23H27ClN2O2. The minimum atomic E-state index is -0.0309. The van der Waals surface area contributed by atoms with Gasteiger partial charge in [-0.15, -0.1) is 0 Å². The van der Waals surface area contributed by atoms with Gasteiger partial charge in [-0.05, 0) is 73.1 Å². The van der Waals surface area contributed by atoms with Crippen molar-refractivity contribution in [1.82, 2.24) is 10.2 Å². The molecule has 4 rings (SSSR count). The molecule has 5 heteroatoms. The number of hydrogen-bond donors (Lipinski definition) is 1. The highest BCUT2D eigenvalue weighted by Gasteiger charge is 2.21. The Morgan fingerprint density at radius 3 is 2.61 bits per heavy atom. The van der Waals surface area contributed by atoms with E-state index in [1.807, 2.05) is 18.2 Å². The van der Waals surface area contributed by atoms with Crippen molar-refractivity contribution in [2.24, 2.45) is 0 Å². The van der Waals surface area contributed by atoms with Crippen LogP contribution in [0.15, 0.2) is 42.5 Å². The van der Waals surface area contributed by atoms with Crippen molar-refractivity contribution in [1.29, 1.82) is 0 Å². The Hall–Kier alpha value is -2.04. The molecule has 1 aliphatic carbocycles. The van der Waals surface area contributed by atoms with Crippen LogP contribution in [0.5, 0.6) is 5.75 Å². The minimum absolute atomic E-state index is 0.0309. The number of amides is 1. The van der Waals surface area contributed by atoms with Crippen molar-refractivity contribution in [3.05, 3.63) is 64.2 Å². The fourth-order valence-electron chi connectivity index (χ4n) is 4.14. The van der Waals surface area contributed by atoms with Gasteiger partial charge in [-0.25, -0.2) is 0 Å². The zero-order valence-corrected chi connectivity index (χ0v) is 16.9. The second-order valence-corrected chi connectivity index (χ2v) is 8.25. The molecule has 1 fully saturated rings. The van der Waals surface area contributed by atoms with Gasteiger partial charge in [0.05, 0.1) is 0 Å². The van der Waals surface area contributed by atoms with Crippen molar-refractivity contribution in [3.63, 3.8) is 0 Å². The van der Waals surface area contributed by atoms with Crippen molar-refractivity contribution < 1.29 is 9.53 Å². The average molecular weight is 399 g/mol. The number of piperidine rings is 1. The highest BCUT2D eigenvalue weighted by molar-refractivity contribution is 6.30. The number of nitrogens with one attached hydrogen (secondary N) is 1. The van der Waals surface area contributed by atoms with E-state index in [-0.39, 0.29) is 18.6 Å². The van der Waals surface area contributed by atoms with E-state index in [0.29, 0.717) is 0 Å². The van der Waals surface area contributed by atoms with Crippen molar-refractivity contribution in [2.75, 3.05) is 19.7 Å². The van der Waals surface area contributed by atoms with E-state index in [1.54, 1.807) is 0 Å². The topological polar surface area (TPSA) is 41.6 Å². The summed E-state index contributed by atoms with van der Waals surface area (Å²) in [6.45, 7) is 2.99. The Balaban J connectivity index is 1.18. The molecule has 28 heavy (non-hydrogen) atoms. The number of fused-ring (bicyclic) bond motifs is 1. The summed E-state index contributed by atoms with van der Waals surface area (Å²) in [7, 11) is 0. The maximum absolute atomic E-state index is 12.3. The second-order valence-electron chi connectivity index (χ2n) is 7.82. The molecule has 1 N–H and O–H groups in total. The highest BCUT2D eigenvalue weighted by Crippen LogP contribution is 2.26. The van der Waals surface area contributed by atoms with Crippen LogP contribution in [0.1, 0.15) is 36.0 Å². The molecule has 148 valence electrons. The first kappa shape index (κ1) is 19.3. The monoisotopic (exact) mass is 398 g/mol. The van der Waals surface area contributed by atoms with Crippen LogP contribution in [0.4, 0.5) is 0 Å². The maximum atomic E-state index is 12.3. The molecule has 1 saturated heterocycles. The van der Waals surface area contributed by atoms with Crippen LogP contribution < -0.4 is 10.1 Å². The van der Waals surface area contributed by atoms with E-state index < -0.39 is 0 Å². The van der Waals surface area contributed by atoms with Gasteiger partial charge in [-0.2, -0.15) is 0 Å². The van der Waals surface area contributed by atoms with E-state index in [4.69, 9.17) is 16.3 Å². The Morgan fingerprint density at radius 1 is 1.07 bits per heavy atom. The van der Waals surface area contributed by atoms with Crippen molar-refractivity contribution in [2.45, 2.75) is 44.7 Å². The largest absolute Gasteiger partial charge is 0.484 e. The Labute approximate surface area is 171 Å². The number of ether oxygens (including phenoxy) is 1. The molecule has 2 aliphatic rings. The Kier molecular flexibility index (Phi) is 6.18. The third kappa shape index (κ3) is 5.06. The van der Waals surface area contributed by atoms with Crippen LogP contribution in [0.25, 0.3) is 0 Å². The van der Waals surface area contributed by atoms with Crippen molar-refractivity contribution in [3.8, 4) is 5.75 Å². The van der Waals surface area contributed by atoms with Crippen LogP contribution in [-0.2, 0) is 24.2 Å². The first-order chi connectivity index (χ1) is 13.7. The number of aryl methyl sites for hydroxylation is 2. The first-order valence-corrected chi connectivity index (χ1v) is 10.5. The number of likely N-dealkylation sites (tertiary alicyclic amines) is 1. The fraction of sp³-hybridized carbons (Fsp3) is 0.435. The number of hydrogen-bond acceptors (Lipinski definition) is 3. The minimum Gasteiger partial charge on any atom is -0.484 e. The molecule has 0 radical (unpaired) electrons. The van der Waals surface area contributed by atoms with Gasteiger partial charge in [0.1, 0.15) is 5.75 Å². The molecular weight excluding hydrogens is 372 g/mol. The third-order valence-electron chi connectivity index (χ3n) is 5.71. The number of nitrogens with zero attached hydrogens (tertiary/aromatic N) is 1. The Bertz CT molecular complexity index is 814. The lowest BCUT2D eigenvalue weighted by atomic mass is 10.0. The quantitative estimate of drug-likeness (QED) is 0.799. The lowest BCUT2D eigenvalue weighted by molar-refractivity contribution is -0.124. The van der Waals surface area contributed by atoms with Crippen LogP contribution >= 0.6 is 11.6 Å². The van der Waals surface area contributed by atoms with Gasteiger partial charge >= 0.3 is 0 Å². The molecule has 0 spiro atoms. The molecule has 1 amide bonds. The summed E-state index contributed by atoms with van der Waals surface area (Å²) in [6, 6.07) is 14.5. The molecule has 1 aliphatic heterocycles. The summed E-state index contributed by atoms with van der Waals surface area (Å²) >= 11 is 5.95. The van der Waals surface area contributed by atoms with E-state index in [1.165, 1.54) is 23.1 Å². The summed E-state index contributed by atoms with van der Waals surface area (Å²) in [5, 5.41) is 3.90. The van der Waals surface area contributed by atoms with Gasteiger partial charge in [-0.1, -0.05) is 29.8 Å². The zero-order chi connectivity index (χ0) is 19.3. The highest BCUT2D eigenvalue weighted by atomic mass is 35.5. The number of benzene rings is 2. The summed E-state index contributed by atoms with van der Waals surface area (Å²) in [4.78, 5) is 14.7. The van der Waals surface area contributed by atoms with Gasteiger partial charge in [0.15, 0.2) is 6.61 Å². The number of carbonyl (C=O) groups excluding carboxylic acids is 1. The molecule has 0 saturated carbocycles. The summed E-state index contributed by atoms with van der Waals surface area (Å²) in [5.41, 5.74) is 4.06. The smallest absolute Gasteiger partial charge is 0.258 e. The Morgan fingerprint density at radius 2 is 1.82 bits per heavy atom.